The SMILES string of the molecule is Cc1ncccc1NCc1cc(Br)ccc1Cl. The fourth-order valence-corrected chi connectivity index (χ4v) is 2.13. The standard InChI is InChI=1S/C13H12BrClN2/c1-9-13(3-2-6-16-9)17-8-10-7-11(14)4-5-12(10)15/h2-7,17H,8H2,1H3. The van der Waals surface area contributed by atoms with Crippen molar-refractivity contribution in [1.29, 1.82) is 0 Å². The Balaban J connectivity index is 2.12. The van der Waals surface area contributed by atoms with E-state index in [1.165, 1.54) is 0 Å². The minimum absolute atomic E-state index is 0.685. The molecule has 2 nitrogen and oxygen atoms in total. The maximum atomic E-state index is 6.13. The molecule has 0 aliphatic heterocycles. The summed E-state index contributed by atoms with van der Waals surface area (Å²) in [5, 5.41) is 4.10. The number of nitrogens with zero attached hydrogens (tertiary/aromatic N) is 1. The van der Waals surface area contributed by atoms with Gasteiger partial charge < -0.3 is 5.32 Å². The summed E-state index contributed by atoms with van der Waals surface area (Å²) in [6, 6.07) is 9.76. The van der Waals surface area contributed by atoms with Crippen LogP contribution in [-0.4, -0.2) is 4.98 Å². The fraction of sp³-hybridized carbons (Fsp3) is 0.154. The lowest BCUT2D eigenvalue weighted by Crippen LogP contribution is -2.02. The summed E-state index contributed by atoms with van der Waals surface area (Å²) in [5.41, 5.74) is 3.08. The number of aryl methyl sites for hydroxylation is 1. The monoisotopic (exact) mass is 310 g/mol. The number of halogens is 2. The van der Waals surface area contributed by atoms with E-state index in [0.717, 1.165) is 26.4 Å². The zero-order valence-corrected chi connectivity index (χ0v) is 11.7. The van der Waals surface area contributed by atoms with Crippen molar-refractivity contribution < 1.29 is 0 Å². The molecule has 88 valence electrons. The Morgan fingerprint density at radius 1 is 1.35 bits per heavy atom. The van der Waals surface area contributed by atoms with E-state index < -0.39 is 0 Å². The first kappa shape index (κ1) is 12.4. The molecular weight excluding hydrogens is 300 g/mol. The van der Waals surface area contributed by atoms with Crippen LogP contribution >= 0.6 is 27.5 Å². The van der Waals surface area contributed by atoms with Gasteiger partial charge in [0.2, 0.25) is 0 Å². The number of anilines is 1. The van der Waals surface area contributed by atoms with Crippen LogP contribution in [0.5, 0.6) is 0 Å². The lowest BCUT2D eigenvalue weighted by molar-refractivity contribution is 1.11. The summed E-state index contributed by atoms with van der Waals surface area (Å²) in [6.07, 6.45) is 1.78. The highest BCUT2D eigenvalue weighted by atomic mass is 79.9. The third-order valence-corrected chi connectivity index (χ3v) is 3.35. The van der Waals surface area contributed by atoms with Crippen molar-refractivity contribution in [3.63, 3.8) is 0 Å². The van der Waals surface area contributed by atoms with Crippen LogP contribution in [0.1, 0.15) is 11.3 Å². The molecule has 2 aromatic rings. The van der Waals surface area contributed by atoms with Gasteiger partial charge in [-0.25, -0.2) is 0 Å². The molecule has 0 unspecified atom stereocenters. The quantitative estimate of drug-likeness (QED) is 0.907. The van der Waals surface area contributed by atoms with E-state index in [-0.39, 0.29) is 0 Å². The van der Waals surface area contributed by atoms with Gasteiger partial charge in [-0.05, 0) is 42.8 Å². The predicted octanol–water partition coefficient (Wildman–Crippen LogP) is 4.42. The minimum Gasteiger partial charge on any atom is -0.379 e. The third-order valence-electron chi connectivity index (χ3n) is 2.48. The maximum Gasteiger partial charge on any atom is 0.0603 e. The first-order chi connectivity index (χ1) is 8.16. The normalized spacial score (nSPS) is 10.3. The van der Waals surface area contributed by atoms with Gasteiger partial charge in [0.1, 0.15) is 0 Å². The molecule has 0 aliphatic rings. The highest BCUT2D eigenvalue weighted by Crippen LogP contribution is 2.22. The molecular formula is C13H12BrClN2. The van der Waals surface area contributed by atoms with Crippen molar-refractivity contribution in [1.82, 2.24) is 4.98 Å². The Kier molecular flexibility index (Phi) is 4.02. The van der Waals surface area contributed by atoms with Gasteiger partial charge in [0.05, 0.1) is 11.4 Å². The first-order valence-electron chi connectivity index (χ1n) is 5.26. The number of benzene rings is 1. The highest BCUT2D eigenvalue weighted by molar-refractivity contribution is 9.10. The second kappa shape index (κ2) is 5.52. The second-order valence-corrected chi connectivity index (χ2v) is 5.05. The highest BCUT2D eigenvalue weighted by Gasteiger charge is 2.02. The van der Waals surface area contributed by atoms with Gasteiger partial charge in [0.25, 0.3) is 0 Å². The summed E-state index contributed by atoms with van der Waals surface area (Å²) in [4.78, 5) is 4.23. The molecule has 0 amide bonds. The molecule has 0 atom stereocenters. The molecule has 1 N–H and O–H groups in total. The van der Waals surface area contributed by atoms with Gasteiger partial charge in [-0.2, -0.15) is 0 Å². The Morgan fingerprint density at radius 3 is 2.94 bits per heavy atom. The van der Waals surface area contributed by atoms with E-state index in [2.05, 4.69) is 26.2 Å². The van der Waals surface area contributed by atoms with E-state index in [1.807, 2.05) is 37.3 Å². The molecule has 1 heterocycles. The Hall–Kier alpha value is -1.06. The summed E-state index contributed by atoms with van der Waals surface area (Å²) in [6.45, 7) is 2.66. The van der Waals surface area contributed by atoms with Gasteiger partial charge in [-0.1, -0.05) is 27.5 Å². The van der Waals surface area contributed by atoms with Crippen molar-refractivity contribution in [2.75, 3.05) is 5.32 Å². The Labute approximate surface area is 114 Å². The van der Waals surface area contributed by atoms with Crippen molar-refractivity contribution >= 4 is 33.2 Å². The number of nitrogens with one attached hydrogen (secondary N) is 1. The minimum atomic E-state index is 0.685. The molecule has 1 aromatic carbocycles. The lowest BCUT2D eigenvalue weighted by atomic mass is 10.2. The smallest absolute Gasteiger partial charge is 0.0603 e. The van der Waals surface area contributed by atoms with Crippen LogP contribution in [0, 0.1) is 6.92 Å². The fourth-order valence-electron chi connectivity index (χ4n) is 1.54. The third kappa shape index (κ3) is 3.20. The molecule has 4 heteroatoms. The number of hydrogen-bond donors (Lipinski definition) is 1. The van der Waals surface area contributed by atoms with Crippen molar-refractivity contribution in [2.45, 2.75) is 13.5 Å². The predicted molar refractivity (Wildman–Crippen MR) is 75.5 cm³/mol. The molecule has 0 fully saturated rings. The number of hydrogen-bond acceptors (Lipinski definition) is 2. The van der Waals surface area contributed by atoms with E-state index in [1.54, 1.807) is 6.20 Å². The first-order valence-corrected chi connectivity index (χ1v) is 6.43. The van der Waals surface area contributed by atoms with Crippen LogP contribution in [0.25, 0.3) is 0 Å². The van der Waals surface area contributed by atoms with Gasteiger partial charge in [0, 0.05) is 22.2 Å². The molecule has 17 heavy (non-hydrogen) atoms. The van der Waals surface area contributed by atoms with E-state index >= 15 is 0 Å². The maximum absolute atomic E-state index is 6.13. The van der Waals surface area contributed by atoms with E-state index in [9.17, 15) is 0 Å². The van der Waals surface area contributed by atoms with Crippen LogP contribution in [0.3, 0.4) is 0 Å². The zero-order chi connectivity index (χ0) is 12.3. The number of rotatable bonds is 3. The molecule has 0 saturated carbocycles. The molecule has 0 bridgehead atoms. The average molecular weight is 312 g/mol. The molecule has 2 rings (SSSR count). The van der Waals surface area contributed by atoms with Crippen molar-refractivity contribution in [2.24, 2.45) is 0 Å². The average Bonchev–Trinajstić information content (AvgIpc) is 2.32. The van der Waals surface area contributed by atoms with Gasteiger partial charge in [-0.3, -0.25) is 4.98 Å². The number of pyridine rings is 1. The summed E-state index contributed by atoms with van der Waals surface area (Å²) in [5.74, 6) is 0. The van der Waals surface area contributed by atoms with Crippen molar-refractivity contribution in [3.8, 4) is 0 Å². The van der Waals surface area contributed by atoms with Crippen LogP contribution in [0.4, 0.5) is 5.69 Å². The van der Waals surface area contributed by atoms with E-state index in [0.29, 0.717) is 6.54 Å². The van der Waals surface area contributed by atoms with Gasteiger partial charge >= 0.3 is 0 Å². The van der Waals surface area contributed by atoms with Crippen LogP contribution in [-0.2, 0) is 6.54 Å². The topological polar surface area (TPSA) is 24.9 Å². The molecule has 0 spiro atoms. The summed E-state index contributed by atoms with van der Waals surface area (Å²) in [7, 11) is 0. The Bertz CT molecular complexity index is 529. The molecule has 0 radical (unpaired) electrons. The number of aromatic nitrogens is 1. The lowest BCUT2D eigenvalue weighted by Gasteiger charge is -2.10. The van der Waals surface area contributed by atoms with Crippen LogP contribution in [0.15, 0.2) is 41.0 Å². The van der Waals surface area contributed by atoms with Gasteiger partial charge in [-0.15, -0.1) is 0 Å². The van der Waals surface area contributed by atoms with Crippen LogP contribution < -0.4 is 5.32 Å². The summed E-state index contributed by atoms with van der Waals surface area (Å²) < 4.78 is 1.03. The molecule has 0 saturated heterocycles. The second-order valence-electron chi connectivity index (χ2n) is 3.73. The molecule has 0 aliphatic carbocycles. The van der Waals surface area contributed by atoms with Crippen LogP contribution in [0.2, 0.25) is 5.02 Å². The van der Waals surface area contributed by atoms with E-state index in [4.69, 9.17) is 11.6 Å². The van der Waals surface area contributed by atoms with Gasteiger partial charge in [0.15, 0.2) is 0 Å². The molecule has 1 aromatic heterocycles. The Morgan fingerprint density at radius 2 is 2.18 bits per heavy atom. The largest absolute Gasteiger partial charge is 0.379 e. The zero-order valence-electron chi connectivity index (χ0n) is 9.37. The van der Waals surface area contributed by atoms with Crippen molar-refractivity contribution in [3.05, 3.63) is 57.3 Å². The summed E-state index contributed by atoms with van der Waals surface area (Å²) >= 11 is 9.56.